The van der Waals surface area contributed by atoms with Crippen LogP contribution in [0.5, 0.6) is 0 Å². The molecule has 0 N–H and O–H groups in total. The van der Waals surface area contributed by atoms with Gasteiger partial charge < -0.3 is 8.83 Å². The van der Waals surface area contributed by atoms with E-state index in [9.17, 15) is 4.79 Å². The highest BCUT2D eigenvalue weighted by molar-refractivity contribution is 7.08. The van der Waals surface area contributed by atoms with Crippen molar-refractivity contribution >= 4 is 22.3 Å². The van der Waals surface area contributed by atoms with E-state index >= 15 is 0 Å². The SMILES string of the molecule is O=c1oc2ccccc2cc1-c1nnc(-c2ccsc2)o1. The van der Waals surface area contributed by atoms with Gasteiger partial charge in [0.2, 0.25) is 5.89 Å². The van der Waals surface area contributed by atoms with E-state index in [0.29, 0.717) is 11.5 Å². The number of hydrogen-bond acceptors (Lipinski definition) is 6. The summed E-state index contributed by atoms with van der Waals surface area (Å²) in [5.74, 6) is 0.550. The first kappa shape index (κ1) is 12.0. The Labute approximate surface area is 122 Å². The standard InChI is InChI=1S/C15H8N2O3S/c18-15-11(7-9-3-1-2-4-12(9)19-15)14-17-16-13(20-14)10-5-6-21-8-10/h1-8H. The lowest BCUT2D eigenvalue weighted by Crippen LogP contribution is -2.02. The van der Waals surface area contributed by atoms with Crippen LogP contribution < -0.4 is 5.63 Å². The Hall–Kier alpha value is -2.73. The molecule has 0 saturated carbocycles. The molecular formula is C15H8N2O3S. The number of benzene rings is 1. The topological polar surface area (TPSA) is 69.1 Å². The third-order valence-corrected chi connectivity index (χ3v) is 3.75. The summed E-state index contributed by atoms with van der Waals surface area (Å²) < 4.78 is 10.8. The van der Waals surface area contributed by atoms with Gasteiger partial charge in [-0.05, 0) is 23.6 Å². The van der Waals surface area contributed by atoms with E-state index in [0.717, 1.165) is 10.9 Å². The van der Waals surface area contributed by atoms with Crippen molar-refractivity contribution in [3.05, 3.63) is 57.6 Å². The lowest BCUT2D eigenvalue weighted by Gasteiger charge is -1.97. The molecule has 0 bridgehead atoms. The smallest absolute Gasteiger partial charge is 0.349 e. The fourth-order valence-electron chi connectivity index (χ4n) is 2.05. The van der Waals surface area contributed by atoms with Gasteiger partial charge in [0.05, 0.1) is 0 Å². The second kappa shape index (κ2) is 4.68. The van der Waals surface area contributed by atoms with Crippen molar-refractivity contribution in [3.63, 3.8) is 0 Å². The molecule has 0 amide bonds. The van der Waals surface area contributed by atoms with Gasteiger partial charge in [0, 0.05) is 16.3 Å². The van der Waals surface area contributed by atoms with E-state index in [2.05, 4.69) is 10.2 Å². The highest BCUT2D eigenvalue weighted by atomic mass is 32.1. The van der Waals surface area contributed by atoms with Crippen molar-refractivity contribution < 1.29 is 8.83 Å². The Bertz CT molecular complexity index is 970. The molecule has 4 rings (SSSR count). The normalized spacial score (nSPS) is 11.0. The van der Waals surface area contributed by atoms with E-state index < -0.39 is 5.63 Å². The summed E-state index contributed by atoms with van der Waals surface area (Å²) in [6.45, 7) is 0. The van der Waals surface area contributed by atoms with Gasteiger partial charge >= 0.3 is 5.63 Å². The van der Waals surface area contributed by atoms with Gasteiger partial charge in [0.25, 0.3) is 5.89 Å². The van der Waals surface area contributed by atoms with Crippen LogP contribution in [0.1, 0.15) is 0 Å². The van der Waals surface area contributed by atoms with Gasteiger partial charge in [-0.2, -0.15) is 11.3 Å². The summed E-state index contributed by atoms with van der Waals surface area (Å²) in [5, 5.41) is 12.5. The van der Waals surface area contributed by atoms with Crippen LogP contribution in [-0.4, -0.2) is 10.2 Å². The maximum atomic E-state index is 12.0. The van der Waals surface area contributed by atoms with Crippen LogP contribution in [0.2, 0.25) is 0 Å². The molecule has 0 unspecified atom stereocenters. The van der Waals surface area contributed by atoms with Crippen molar-refractivity contribution in [2.75, 3.05) is 0 Å². The molecule has 102 valence electrons. The maximum absolute atomic E-state index is 12.0. The Morgan fingerprint density at radius 2 is 1.86 bits per heavy atom. The quantitative estimate of drug-likeness (QED) is 0.529. The number of thiophene rings is 1. The first-order valence-corrected chi connectivity index (χ1v) is 7.15. The van der Waals surface area contributed by atoms with Crippen LogP contribution in [0.25, 0.3) is 33.9 Å². The minimum absolute atomic E-state index is 0.163. The monoisotopic (exact) mass is 296 g/mol. The zero-order valence-electron chi connectivity index (χ0n) is 10.6. The summed E-state index contributed by atoms with van der Waals surface area (Å²) in [5.41, 5.74) is 1.14. The van der Waals surface area contributed by atoms with Crippen LogP contribution in [0, 0.1) is 0 Å². The highest BCUT2D eigenvalue weighted by Gasteiger charge is 2.15. The van der Waals surface area contributed by atoms with E-state index in [4.69, 9.17) is 8.83 Å². The predicted octanol–water partition coefficient (Wildman–Crippen LogP) is 3.57. The lowest BCUT2D eigenvalue weighted by molar-refractivity contribution is 0.547. The molecule has 3 aromatic heterocycles. The predicted molar refractivity (Wildman–Crippen MR) is 79.1 cm³/mol. The largest absolute Gasteiger partial charge is 0.422 e. The molecule has 0 atom stereocenters. The van der Waals surface area contributed by atoms with Crippen LogP contribution in [0.4, 0.5) is 0 Å². The Kier molecular flexibility index (Phi) is 2.68. The number of para-hydroxylation sites is 1. The molecular weight excluding hydrogens is 288 g/mol. The highest BCUT2D eigenvalue weighted by Crippen LogP contribution is 2.25. The molecule has 4 aromatic rings. The fourth-order valence-corrected chi connectivity index (χ4v) is 2.68. The molecule has 5 nitrogen and oxygen atoms in total. The molecule has 3 heterocycles. The minimum Gasteiger partial charge on any atom is -0.422 e. The number of aromatic nitrogens is 2. The first-order chi connectivity index (χ1) is 10.3. The molecule has 21 heavy (non-hydrogen) atoms. The third-order valence-electron chi connectivity index (χ3n) is 3.06. The van der Waals surface area contributed by atoms with Crippen molar-refractivity contribution in [1.29, 1.82) is 0 Å². The van der Waals surface area contributed by atoms with E-state index in [1.807, 2.05) is 35.0 Å². The van der Waals surface area contributed by atoms with Crippen molar-refractivity contribution in [3.8, 4) is 22.9 Å². The summed E-state index contributed by atoms with van der Waals surface area (Å²) >= 11 is 1.54. The number of fused-ring (bicyclic) bond motifs is 1. The van der Waals surface area contributed by atoms with Gasteiger partial charge in [-0.25, -0.2) is 4.79 Å². The Morgan fingerprint density at radius 1 is 1.00 bits per heavy atom. The second-order valence-electron chi connectivity index (χ2n) is 4.41. The Balaban J connectivity index is 1.87. The molecule has 0 aliphatic heterocycles. The average Bonchev–Trinajstić information content (AvgIpc) is 3.17. The van der Waals surface area contributed by atoms with E-state index in [1.165, 1.54) is 11.3 Å². The van der Waals surface area contributed by atoms with Crippen molar-refractivity contribution in [2.24, 2.45) is 0 Å². The fraction of sp³-hybridized carbons (Fsp3) is 0. The van der Waals surface area contributed by atoms with Gasteiger partial charge in [-0.1, -0.05) is 18.2 Å². The van der Waals surface area contributed by atoms with Gasteiger partial charge in [0.15, 0.2) is 0 Å². The zero-order chi connectivity index (χ0) is 14.2. The van der Waals surface area contributed by atoms with Crippen LogP contribution >= 0.6 is 11.3 Å². The maximum Gasteiger partial charge on any atom is 0.349 e. The van der Waals surface area contributed by atoms with Crippen LogP contribution in [-0.2, 0) is 0 Å². The molecule has 0 aliphatic carbocycles. The van der Waals surface area contributed by atoms with Gasteiger partial charge in [0.1, 0.15) is 11.1 Å². The van der Waals surface area contributed by atoms with Crippen LogP contribution in [0.3, 0.4) is 0 Å². The number of nitrogens with zero attached hydrogens (tertiary/aromatic N) is 2. The van der Waals surface area contributed by atoms with Crippen molar-refractivity contribution in [1.82, 2.24) is 10.2 Å². The summed E-state index contributed by atoms with van der Waals surface area (Å²) in [6, 6.07) is 10.9. The minimum atomic E-state index is -0.491. The van der Waals surface area contributed by atoms with E-state index in [1.54, 1.807) is 12.1 Å². The van der Waals surface area contributed by atoms with E-state index in [-0.39, 0.29) is 11.5 Å². The van der Waals surface area contributed by atoms with Gasteiger partial charge in [-0.15, -0.1) is 10.2 Å². The molecule has 0 saturated heterocycles. The third kappa shape index (κ3) is 2.05. The average molecular weight is 296 g/mol. The summed E-state index contributed by atoms with van der Waals surface area (Å²) in [4.78, 5) is 12.0. The number of hydrogen-bond donors (Lipinski definition) is 0. The Morgan fingerprint density at radius 3 is 2.71 bits per heavy atom. The number of rotatable bonds is 2. The zero-order valence-corrected chi connectivity index (χ0v) is 11.5. The summed E-state index contributed by atoms with van der Waals surface area (Å²) in [7, 11) is 0. The molecule has 0 radical (unpaired) electrons. The molecule has 0 aliphatic rings. The molecule has 6 heteroatoms. The second-order valence-corrected chi connectivity index (χ2v) is 5.19. The lowest BCUT2D eigenvalue weighted by atomic mass is 10.2. The first-order valence-electron chi connectivity index (χ1n) is 6.20. The molecule has 0 fully saturated rings. The summed E-state index contributed by atoms with van der Waals surface area (Å²) in [6.07, 6.45) is 0. The molecule has 1 aromatic carbocycles. The van der Waals surface area contributed by atoms with Crippen molar-refractivity contribution in [2.45, 2.75) is 0 Å². The molecule has 0 spiro atoms. The van der Waals surface area contributed by atoms with Gasteiger partial charge in [-0.3, -0.25) is 0 Å². The van der Waals surface area contributed by atoms with Crippen LogP contribution in [0.15, 0.2) is 60.8 Å².